The minimum Gasteiger partial charge on any atom is -0.351 e. The van der Waals surface area contributed by atoms with Gasteiger partial charge in [-0.25, -0.2) is 13.6 Å². The van der Waals surface area contributed by atoms with Crippen molar-refractivity contribution in [2.24, 2.45) is 11.7 Å². The van der Waals surface area contributed by atoms with Crippen molar-refractivity contribution in [3.05, 3.63) is 71.3 Å². The first-order chi connectivity index (χ1) is 16.0. The van der Waals surface area contributed by atoms with E-state index in [1.165, 1.54) is 31.4 Å². The van der Waals surface area contributed by atoms with E-state index in [9.17, 15) is 13.6 Å². The number of benzene rings is 2. The van der Waals surface area contributed by atoms with E-state index in [0.29, 0.717) is 30.6 Å². The second kappa shape index (κ2) is 11.1. The molecule has 1 saturated carbocycles. The molecular formula is C26H34F2N4O. The summed E-state index contributed by atoms with van der Waals surface area (Å²) in [4.78, 5) is 15.6. The molecule has 2 amide bonds. The number of hydrogen-bond donors (Lipinski definition) is 2. The Morgan fingerprint density at radius 2 is 1.82 bits per heavy atom. The fraction of sp³-hybridized carbons (Fsp3) is 0.500. The predicted molar refractivity (Wildman–Crippen MR) is 126 cm³/mol. The van der Waals surface area contributed by atoms with Crippen molar-refractivity contribution in [1.29, 1.82) is 0 Å². The molecule has 2 fully saturated rings. The molecule has 3 N–H and O–H groups in total. The van der Waals surface area contributed by atoms with Crippen LogP contribution in [0.4, 0.5) is 13.6 Å². The van der Waals surface area contributed by atoms with Gasteiger partial charge >= 0.3 is 6.03 Å². The first-order valence-corrected chi connectivity index (χ1v) is 12.0. The third-order valence-electron chi connectivity index (χ3n) is 7.20. The quantitative estimate of drug-likeness (QED) is 0.654. The van der Waals surface area contributed by atoms with Crippen molar-refractivity contribution < 1.29 is 13.6 Å². The Morgan fingerprint density at radius 3 is 2.52 bits per heavy atom. The van der Waals surface area contributed by atoms with Crippen molar-refractivity contribution in [2.75, 3.05) is 32.7 Å². The van der Waals surface area contributed by atoms with Crippen LogP contribution in [0.15, 0.2) is 48.5 Å². The Morgan fingerprint density at radius 1 is 1.06 bits per heavy atom. The van der Waals surface area contributed by atoms with E-state index in [4.69, 9.17) is 5.73 Å². The summed E-state index contributed by atoms with van der Waals surface area (Å²) in [6, 6.07) is 13.5. The fourth-order valence-corrected chi connectivity index (χ4v) is 5.38. The summed E-state index contributed by atoms with van der Waals surface area (Å²) in [6.45, 7) is 3.96. The van der Waals surface area contributed by atoms with Gasteiger partial charge in [0.1, 0.15) is 11.6 Å². The number of rotatable bonds is 7. The monoisotopic (exact) mass is 456 g/mol. The molecule has 0 spiro atoms. The van der Waals surface area contributed by atoms with Crippen molar-refractivity contribution in [3.63, 3.8) is 0 Å². The highest BCUT2D eigenvalue weighted by molar-refractivity contribution is 5.72. The molecular weight excluding hydrogens is 422 g/mol. The maximum absolute atomic E-state index is 14.6. The van der Waals surface area contributed by atoms with Crippen LogP contribution < -0.4 is 11.1 Å². The maximum Gasteiger partial charge on any atom is 0.314 e. The molecule has 1 saturated heterocycles. The number of nitrogens with two attached hydrogens (primary N) is 1. The van der Waals surface area contributed by atoms with Crippen molar-refractivity contribution in [3.8, 4) is 0 Å². The lowest BCUT2D eigenvalue weighted by Crippen LogP contribution is -2.54. The van der Waals surface area contributed by atoms with E-state index < -0.39 is 11.6 Å². The lowest BCUT2D eigenvalue weighted by Gasteiger charge is -2.42. The van der Waals surface area contributed by atoms with Crippen LogP contribution in [0.25, 0.3) is 0 Å². The standard InChI is InChI=1S/C26H34F2N4O/c27-21-9-10-23(24(28)18-21)25(20-6-2-1-3-7-20)30-12-11-19-5-4-8-22(17-19)31-13-15-32(16-14-31)26(29)33/h1-3,6-7,9-10,18-19,22,25,30H,4-5,8,11-17H2,(H2,29,33). The highest BCUT2D eigenvalue weighted by atomic mass is 19.1. The number of nitrogens with zero attached hydrogens (tertiary/aromatic N) is 2. The van der Waals surface area contributed by atoms with Gasteiger partial charge in [0.05, 0.1) is 6.04 Å². The topological polar surface area (TPSA) is 61.6 Å². The number of amides is 2. The molecule has 3 atom stereocenters. The van der Waals surface area contributed by atoms with Gasteiger partial charge in [-0.15, -0.1) is 0 Å². The number of hydrogen-bond acceptors (Lipinski definition) is 3. The first kappa shape index (κ1) is 23.6. The average molecular weight is 457 g/mol. The van der Waals surface area contributed by atoms with E-state index in [2.05, 4.69) is 10.2 Å². The number of piperazine rings is 1. The average Bonchev–Trinajstić information content (AvgIpc) is 2.83. The molecule has 2 aliphatic rings. The summed E-state index contributed by atoms with van der Waals surface area (Å²) >= 11 is 0. The third kappa shape index (κ3) is 6.09. The van der Waals surface area contributed by atoms with Gasteiger partial charge in [-0.05, 0) is 43.4 Å². The van der Waals surface area contributed by atoms with Crippen molar-refractivity contribution in [2.45, 2.75) is 44.2 Å². The zero-order valence-corrected chi connectivity index (χ0v) is 19.1. The summed E-state index contributed by atoms with van der Waals surface area (Å²) < 4.78 is 28.1. The van der Waals surface area contributed by atoms with Gasteiger partial charge in [0.15, 0.2) is 0 Å². The highest BCUT2D eigenvalue weighted by Gasteiger charge is 2.30. The van der Waals surface area contributed by atoms with Gasteiger partial charge in [0.2, 0.25) is 0 Å². The Balaban J connectivity index is 1.34. The minimum atomic E-state index is -0.562. The lowest BCUT2D eigenvalue weighted by atomic mass is 9.82. The molecule has 2 aromatic rings. The Kier molecular flexibility index (Phi) is 7.93. The molecule has 1 aliphatic carbocycles. The summed E-state index contributed by atoms with van der Waals surface area (Å²) in [7, 11) is 0. The molecule has 1 heterocycles. The Bertz CT molecular complexity index is 918. The molecule has 7 heteroatoms. The first-order valence-electron chi connectivity index (χ1n) is 12.0. The second-order valence-corrected chi connectivity index (χ2v) is 9.30. The van der Waals surface area contributed by atoms with Gasteiger partial charge in [-0.1, -0.05) is 49.2 Å². The SMILES string of the molecule is NC(=O)N1CCN(C2CCCC(CCNC(c3ccccc3)c3ccc(F)cc3F)C2)CC1. The fourth-order valence-electron chi connectivity index (χ4n) is 5.38. The summed E-state index contributed by atoms with van der Waals surface area (Å²) in [6.07, 6.45) is 5.79. The van der Waals surface area contributed by atoms with E-state index >= 15 is 0 Å². The van der Waals surface area contributed by atoms with E-state index in [-0.39, 0.29) is 12.1 Å². The number of primary amides is 1. The Hall–Kier alpha value is -2.51. The largest absolute Gasteiger partial charge is 0.351 e. The van der Waals surface area contributed by atoms with E-state index in [0.717, 1.165) is 44.1 Å². The van der Waals surface area contributed by atoms with Crippen LogP contribution in [-0.4, -0.2) is 54.6 Å². The van der Waals surface area contributed by atoms with Crippen LogP contribution in [-0.2, 0) is 0 Å². The molecule has 1 aliphatic heterocycles. The number of carbonyl (C=O) groups excluding carboxylic acids is 1. The van der Waals surface area contributed by atoms with E-state index in [1.807, 2.05) is 30.3 Å². The van der Waals surface area contributed by atoms with Crippen molar-refractivity contribution >= 4 is 6.03 Å². The number of urea groups is 1. The second-order valence-electron chi connectivity index (χ2n) is 9.30. The maximum atomic E-state index is 14.6. The van der Waals surface area contributed by atoms with Crippen LogP contribution >= 0.6 is 0 Å². The van der Waals surface area contributed by atoms with E-state index in [1.54, 1.807) is 4.90 Å². The third-order valence-corrected chi connectivity index (χ3v) is 7.20. The zero-order chi connectivity index (χ0) is 23.2. The number of nitrogens with one attached hydrogen (secondary N) is 1. The minimum absolute atomic E-state index is 0.312. The summed E-state index contributed by atoms with van der Waals surface area (Å²) in [5.74, 6) is -0.475. The van der Waals surface area contributed by atoms with Crippen LogP contribution in [0.2, 0.25) is 0 Å². The molecule has 4 rings (SSSR count). The zero-order valence-electron chi connectivity index (χ0n) is 19.1. The van der Waals surface area contributed by atoms with Gasteiger partial charge < -0.3 is 16.0 Å². The molecule has 2 aromatic carbocycles. The predicted octanol–water partition coefficient (Wildman–Crippen LogP) is 4.29. The van der Waals surface area contributed by atoms with Gasteiger partial charge in [0.25, 0.3) is 0 Å². The van der Waals surface area contributed by atoms with Crippen LogP contribution in [0.1, 0.15) is 49.3 Å². The number of carbonyl (C=O) groups is 1. The molecule has 178 valence electrons. The summed E-state index contributed by atoms with van der Waals surface area (Å²) in [5, 5.41) is 3.54. The normalized spacial score (nSPS) is 22.8. The molecule has 33 heavy (non-hydrogen) atoms. The Labute approximate surface area is 194 Å². The van der Waals surface area contributed by atoms with Gasteiger partial charge in [-0.2, -0.15) is 0 Å². The van der Waals surface area contributed by atoms with Crippen LogP contribution in [0, 0.1) is 17.6 Å². The van der Waals surface area contributed by atoms with Gasteiger partial charge in [0, 0.05) is 43.9 Å². The summed E-state index contributed by atoms with van der Waals surface area (Å²) in [5.41, 5.74) is 6.85. The molecule has 0 aromatic heterocycles. The highest BCUT2D eigenvalue weighted by Crippen LogP contribution is 2.31. The molecule has 0 bridgehead atoms. The smallest absolute Gasteiger partial charge is 0.314 e. The van der Waals surface area contributed by atoms with Crippen LogP contribution in [0.3, 0.4) is 0 Å². The van der Waals surface area contributed by atoms with Crippen LogP contribution in [0.5, 0.6) is 0 Å². The lowest BCUT2D eigenvalue weighted by molar-refractivity contribution is 0.0781. The van der Waals surface area contributed by atoms with Crippen molar-refractivity contribution in [1.82, 2.24) is 15.1 Å². The van der Waals surface area contributed by atoms with Gasteiger partial charge in [-0.3, -0.25) is 4.90 Å². The molecule has 5 nitrogen and oxygen atoms in total. The molecule has 3 unspecified atom stereocenters. The number of halogens is 2. The molecule has 0 radical (unpaired) electrons.